The van der Waals surface area contributed by atoms with E-state index in [4.69, 9.17) is 0 Å². The maximum Gasteiger partial charge on any atom is 0.344 e. The van der Waals surface area contributed by atoms with Crippen molar-refractivity contribution >= 4 is 11.9 Å². The van der Waals surface area contributed by atoms with E-state index in [-0.39, 0.29) is 12.1 Å². The van der Waals surface area contributed by atoms with Gasteiger partial charge in [0.15, 0.2) is 6.61 Å². The SMILES string of the molecule is COC(=O)COC(=O)Cn1ccccc1=O. The van der Waals surface area contributed by atoms with Crippen LogP contribution in [-0.4, -0.2) is 30.2 Å². The number of hydrogen-bond donors (Lipinski definition) is 0. The van der Waals surface area contributed by atoms with Gasteiger partial charge in [0.05, 0.1) is 7.11 Å². The van der Waals surface area contributed by atoms with E-state index in [1.54, 1.807) is 12.1 Å². The van der Waals surface area contributed by atoms with Gasteiger partial charge >= 0.3 is 11.9 Å². The molecule has 0 aliphatic carbocycles. The van der Waals surface area contributed by atoms with E-state index >= 15 is 0 Å². The summed E-state index contributed by atoms with van der Waals surface area (Å²) in [5, 5.41) is 0. The molecule has 0 fully saturated rings. The number of hydrogen-bond acceptors (Lipinski definition) is 5. The second kappa shape index (κ2) is 5.69. The molecule has 6 heteroatoms. The predicted octanol–water partition coefficient (Wildman–Crippen LogP) is -0.436. The minimum atomic E-state index is -0.668. The molecule has 0 aromatic carbocycles. The van der Waals surface area contributed by atoms with E-state index in [1.807, 2.05) is 0 Å². The minimum Gasteiger partial charge on any atom is -0.466 e. The van der Waals surface area contributed by atoms with Crippen LogP contribution in [-0.2, 0) is 25.6 Å². The highest BCUT2D eigenvalue weighted by molar-refractivity contribution is 5.76. The molecule has 0 radical (unpaired) electrons. The van der Waals surface area contributed by atoms with Crippen molar-refractivity contribution in [3.63, 3.8) is 0 Å². The minimum absolute atomic E-state index is 0.226. The van der Waals surface area contributed by atoms with Crippen LogP contribution in [0.2, 0.25) is 0 Å². The van der Waals surface area contributed by atoms with Gasteiger partial charge in [0, 0.05) is 12.3 Å². The predicted molar refractivity (Wildman–Crippen MR) is 53.7 cm³/mol. The smallest absolute Gasteiger partial charge is 0.344 e. The number of aromatic nitrogens is 1. The van der Waals surface area contributed by atoms with E-state index in [0.717, 1.165) is 0 Å². The summed E-state index contributed by atoms with van der Waals surface area (Å²) in [6.07, 6.45) is 1.46. The van der Waals surface area contributed by atoms with Gasteiger partial charge in [0.25, 0.3) is 5.56 Å². The highest BCUT2D eigenvalue weighted by Crippen LogP contribution is 1.87. The van der Waals surface area contributed by atoms with Gasteiger partial charge in [-0.25, -0.2) is 4.79 Å². The Balaban J connectivity index is 2.49. The van der Waals surface area contributed by atoms with Crippen LogP contribution in [0.4, 0.5) is 0 Å². The Labute approximate surface area is 91.4 Å². The van der Waals surface area contributed by atoms with E-state index in [1.165, 1.54) is 23.9 Å². The molecule has 6 nitrogen and oxygen atoms in total. The Bertz CT molecular complexity index is 437. The van der Waals surface area contributed by atoms with Crippen LogP contribution in [0.15, 0.2) is 29.2 Å². The van der Waals surface area contributed by atoms with Gasteiger partial charge in [-0.15, -0.1) is 0 Å². The van der Waals surface area contributed by atoms with Crippen LogP contribution in [0.3, 0.4) is 0 Å². The fraction of sp³-hybridized carbons (Fsp3) is 0.300. The molecule has 0 saturated heterocycles. The molecule has 0 amide bonds. The molecule has 0 bridgehead atoms. The normalized spacial score (nSPS) is 9.56. The molecule has 86 valence electrons. The lowest BCUT2D eigenvalue weighted by atomic mass is 10.4. The van der Waals surface area contributed by atoms with Gasteiger partial charge in [-0.2, -0.15) is 0 Å². The monoisotopic (exact) mass is 225 g/mol. The highest BCUT2D eigenvalue weighted by Gasteiger charge is 2.08. The molecular formula is C10H11NO5. The number of pyridine rings is 1. The second-order valence-corrected chi connectivity index (χ2v) is 2.90. The molecular weight excluding hydrogens is 214 g/mol. The lowest BCUT2D eigenvalue weighted by molar-refractivity contribution is -0.157. The number of esters is 2. The third kappa shape index (κ3) is 3.56. The summed E-state index contributed by atoms with van der Waals surface area (Å²) in [6.45, 7) is -0.673. The molecule has 1 rings (SSSR count). The molecule has 0 spiro atoms. The lowest BCUT2D eigenvalue weighted by Gasteiger charge is -2.05. The zero-order valence-electron chi connectivity index (χ0n) is 8.71. The van der Waals surface area contributed by atoms with Gasteiger partial charge in [-0.3, -0.25) is 9.59 Å². The molecule has 1 heterocycles. The van der Waals surface area contributed by atoms with Gasteiger partial charge in [-0.1, -0.05) is 6.07 Å². The Morgan fingerprint density at radius 1 is 1.31 bits per heavy atom. The first kappa shape index (κ1) is 12.0. The molecule has 1 aromatic heterocycles. The van der Waals surface area contributed by atoms with Crippen LogP contribution < -0.4 is 5.56 Å². The standard InChI is InChI=1S/C10H11NO5/c1-15-10(14)7-16-9(13)6-11-5-3-2-4-8(11)12/h2-5H,6-7H2,1H3. The van der Waals surface area contributed by atoms with Crippen molar-refractivity contribution in [1.82, 2.24) is 4.57 Å². The summed E-state index contributed by atoms with van der Waals surface area (Å²) in [5.74, 6) is -1.31. The van der Waals surface area contributed by atoms with Gasteiger partial charge in [-0.05, 0) is 6.07 Å². The van der Waals surface area contributed by atoms with Crippen molar-refractivity contribution in [2.45, 2.75) is 6.54 Å². The Kier molecular flexibility index (Phi) is 4.26. The van der Waals surface area contributed by atoms with Crippen molar-refractivity contribution in [2.24, 2.45) is 0 Å². The molecule has 0 aliphatic heterocycles. The zero-order chi connectivity index (χ0) is 12.0. The topological polar surface area (TPSA) is 74.6 Å². The van der Waals surface area contributed by atoms with E-state index in [0.29, 0.717) is 0 Å². The summed E-state index contributed by atoms with van der Waals surface area (Å²) in [4.78, 5) is 33.1. The van der Waals surface area contributed by atoms with Crippen molar-refractivity contribution in [1.29, 1.82) is 0 Å². The van der Waals surface area contributed by atoms with E-state index in [2.05, 4.69) is 9.47 Å². The third-order valence-corrected chi connectivity index (χ3v) is 1.78. The maximum absolute atomic E-state index is 11.2. The molecule has 0 unspecified atom stereocenters. The average Bonchev–Trinajstić information content (AvgIpc) is 2.29. The maximum atomic E-state index is 11.2. The summed E-state index contributed by atoms with van der Waals surface area (Å²) in [7, 11) is 1.19. The molecule has 1 aromatic rings. The van der Waals surface area contributed by atoms with Crippen LogP contribution in [0.5, 0.6) is 0 Å². The van der Waals surface area contributed by atoms with E-state index < -0.39 is 18.5 Å². The van der Waals surface area contributed by atoms with Gasteiger partial charge in [0.2, 0.25) is 0 Å². The first-order valence-corrected chi connectivity index (χ1v) is 4.51. The zero-order valence-corrected chi connectivity index (χ0v) is 8.71. The summed E-state index contributed by atoms with van der Waals surface area (Å²) in [5.41, 5.74) is -0.308. The molecule has 0 saturated carbocycles. The second-order valence-electron chi connectivity index (χ2n) is 2.90. The van der Waals surface area contributed by atoms with Crippen molar-refractivity contribution in [3.05, 3.63) is 34.7 Å². The number of carbonyl (C=O) groups excluding carboxylic acids is 2. The Hall–Kier alpha value is -2.11. The molecule has 0 atom stereocenters. The van der Waals surface area contributed by atoms with Gasteiger partial charge in [0.1, 0.15) is 6.54 Å². The van der Waals surface area contributed by atoms with Crippen LogP contribution >= 0.6 is 0 Å². The Morgan fingerprint density at radius 2 is 2.06 bits per heavy atom. The number of ether oxygens (including phenoxy) is 2. The summed E-state index contributed by atoms with van der Waals surface area (Å²) in [6, 6.07) is 4.52. The lowest BCUT2D eigenvalue weighted by Crippen LogP contribution is -2.25. The summed E-state index contributed by atoms with van der Waals surface area (Å²) >= 11 is 0. The number of carbonyl (C=O) groups is 2. The fourth-order valence-corrected chi connectivity index (χ4v) is 0.974. The fourth-order valence-electron chi connectivity index (χ4n) is 0.974. The Morgan fingerprint density at radius 3 is 2.69 bits per heavy atom. The molecule has 0 N–H and O–H groups in total. The number of nitrogens with zero attached hydrogens (tertiary/aromatic N) is 1. The average molecular weight is 225 g/mol. The summed E-state index contributed by atoms with van der Waals surface area (Å²) < 4.78 is 10.1. The first-order valence-electron chi connectivity index (χ1n) is 4.51. The van der Waals surface area contributed by atoms with Crippen LogP contribution in [0.1, 0.15) is 0 Å². The quantitative estimate of drug-likeness (QED) is 0.650. The highest BCUT2D eigenvalue weighted by atomic mass is 16.6. The largest absolute Gasteiger partial charge is 0.466 e. The van der Waals surface area contributed by atoms with Gasteiger partial charge < -0.3 is 14.0 Å². The molecule has 16 heavy (non-hydrogen) atoms. The van der Waals surface area contributed by atoms with E-state index in [9.17, 15) is 14.4 Å². The number of methoxy groups -OCH3 is 1. The van der Waals surface area contributed by atoms with Crippen molar-refractivity contribution in [3.8, 4) is 0 Å². The number of rotatable bonds is 4. The van der Waals surface area contributed by atoms with Crippen LogP contribution in [0, 0.1) is 0 Å². The van der Waals surface area contributed by atoms with Crippen LogP contribution in [0.25, 0.3) is 0 Å². The van der Waals surface area contributed by atoms with Crippen molar-refractivity contribution < 1.29 is 19.1 Å². The third-order valence-electron chi connectivity index (χ3n) is 1.78. The van der Waals surface area contributed by atoms with Crippen molar-refractivity contribution in [2.75, 3.05) is 13.7 Å². The molecule has 0 aliphatic rings. The first-order chi connectivity index (χ1) is 7.63.